The highest BCUT2D eigenvalue weighted by Gasteiger charge is 2.38. The van der Waals surface area contributed by atoms with Gasteiger partial charge in [0.15, 0.2) is 6.23 Å². The minimum absolute atomic E-state index is 0.185. The molecule has 0 aliphatic carbocycles. The molecule has 2 amide bonds. The molecule has 1 fully saturated rings. The summed E-state index contributed by atoms with van der Waals surface area (Å²) in [5, 5.41) is 9.63. The Kier molecular flexibility index (Phi) is 5.55. The van der Waals surface area contributed by atoms with Crippen LogP contribution in [-0.4, -0.2) is 54.0 Å². The van der Waals surface area contributed by atoms with Gasteiger partial charge >= 0.3 is 12.0 Å². The molecule has 0 bridgehead atoms. The maximum Gasteiger partial charge on any atom is 0.340 e. The van der Waals surface area contributed by atoms with E-state index >= 15 is 0 Å². The molecule has 1 aromatic heterocycles. The Hall–Kier alpha value is -2.68. The molecule has 2 aromatic rings. The number of ether oxygens (including phenoxy) is 2. The van der Waals surface area contributed by atoms with Crippen molar-refractivity contribution in [3.63, 3.8) is 0 Å². The summed E-state index contributed by atoms with van der Waals surface area (Å²) >= 11 is 1.33. The van der Waals surface area contributed by atoms with Gasteiger partial charge in [0.2, 0.25) is 5.13 Å². The second kappa shape index (κ2) is 7.75. The van der Waals surface area contributed by atoms with Gasteiger partial charge in [-0.1, -0.05) is 32.1 Å². The predicted octanol–water partition coefficient (Wildman–Crippen LogP) is 3.29. The van der Waals surface area contributed by atoms with Gasteiger partial charge in [0.1, 0.15) is 10.8 Å². The SMILES string of the molecule is COc1ccc(C(=O)OC2CCN(C)C(=O)N2c2nnc(C(C)(C)C)s2)cc1. The third-order valence-corrected chi connectivity index (χ3v) is 5.71. The number of urea groups is 1. The van der Waals surface area contributed by atoms with Crippen molar-refractivity contribution in [1.29, 1.82) is 0 Å². The smallest absolute Gasteiger partial charge is 0.340 e. The van der Waals surface area contributed by atoms with Crippen LogP contribution in [0.25, 0.3) is 0 Å². The predicted molar refractivity (Wildman–Crippen MR) is 106 cm³/mol. The van der Waals surface area contributed by atoms with Crippen LogP contribution >= 0.6 is 11.3 Å². The third kappa shape index (κ3) is 4.09. The first-order chi connectivity index (χ1) is 13.2. The van der Waals surface area contributed by atoms with Crippen molar-refractivity contribution in [1.82, 2.24) is 15.1 Å². The number of rotatable bonds is 4. The van der Waals surface area contributed by atoms with Crippen LogP contribution in [0.15, 0.2) is 24.3 Å². The van der Waals surface area contributed by atoms with Crippen molar-refractivity contribution in [2.75, 3.05) is 25.6 Å². The number of amides is 2. The number of carbonyl (C=O) groups is 2. The molecular weight excluding hydrogens is 380 g/mol. The van der Waals surface area contributed by atoms with Crippen LogP contribution in [0.1, 0.15) is 42.6 Å². The number of carbonyl (C=O) groups excluding carboxylic acids is 2. The Morgan fingerprint density at radius 2 is 1.89 bits per heavy atom. The number of benzene rings is 1. The van der Waals surface area contributed by atoms with E-state index in [2.05, 4.69) is 10.2 Å². The van der Waals surface area contributed by atoms with E-state index in [1.165, 1.54) is 16.2 Å². The van der Waals surface area contributed by atoms with E-state index < -0.39 is 12.2 Å². The average molecular weight is 404 g/mol. The lowest BCUT2D eigenvalue weighted by Gasteiger charge is -2.37. The Labute approximate surface area is 168 Å². The Morgan fingerprint density at radius 1 is 1.21 bits per heavy atom. The number of aromatic nitrogens is 2. The molecule has 3 rings (SSSR count). The summed E-state index contributed by atoms with van der Waals surface area (Å²) in [6.45, 7) is 6.58. The Bertz CT molecular complexity index is 860. The van der Waals surface area contributed by atoms with Gasteiger partial charge in [-0.2, -0.15) is 0 Å². The van der Waals surface area contributed by atoms with Crippen LogP contribution < -0.4 is 9.64 Å². The van der Waals surface area contributed by atoms with Crippen molar-refractivity contribution < 1.29 is 19.1 Å². The standard InChI is InChI=1S/C19H24N4O4S/c1-19(2,3)16-20-21-17(28-16)23-14(10-11-22(4)18(23)25)27-15(24)12-6-8-13(26-5)9-7-12/h6-9,14H,10-11H2,1-5H3. The summed E-state index contributed by atoms with van der Waals surface area (Å²) < 4.78 is 10.8. The monoisotopic (exact) mass is 404 g/mol. The first-order valence-corrected chi connectivity index (χ1v) is 9.75. The van der Waals surface area contributed by atoms with Crippen molar-refractivity contribution in [3.05, 3.63) is 34.8 Å². The lowest BCUT2D eigenvalue weighted by atomic mass is 9.98. The molecule has 1 saturated heterocycles. The van der Waals surface area contributed by atoms with E-state index in [0.29, 0.717) is 29.4 Å². The molecule has 1 aliphatic heterocycles. The summed E-state index contributed by atoms with van der Waals surface area (Å²) in [6.07, 6.45) is -0.256. The molecule has 1 aliphatic rings. The number of hydrogen-bond donors (Lipinski definition) is 0. The van der Waals surface area contributed by atoms with Crippen molar-refractivity contribution in [3.8, 4) is 5.75 Å². The summed E-state index contributed by atoms with van der Waals surface area (Å²) in [4.78, 5) is 28.4. The van der Waals surface area contributed by atoms with E-state index in [1.54, 1.807) is 43.3 Å². The summed E-state index contributed by atoms with van der Waals surface area (Å²) in [5.74, 6) is 0.145. The van der Waals surface area contributed by atoms with E-state index in [4.69, 9.17) is 9.47 Å². The molecule has 1 atom stereocenters. The molecular formula is C19H24N4O4S. The highest BCUT2D eigenvalue weighted by atomic mass is 32.1. The highest BCUT2D eigenvalue weighted by Crippen LogP contribution is 2.33. The van der Waals surface area contributed by atoms with Gasteiger partial charge in [0.05, 0.1) is 12.7 Å². The average Bonchev–Trinajstić information content (AvgIpc) is 3.15. The molecule has 1 unspecified atom stereocenters. The highest BCUT2D eigenvalue weighted by molar-refractivity contribution is 7.15. The minimum atomic E-state index is -0.737. The molecule has 0 radical (unpaired) electrons. The Morgan fingerprint density at radius 3 is 2.46 bits per heavy atom. The number of esters is 1. The Balaban J connectivity index is 1.84. The van der Waals surface area contributed by atoms with Crippen LogP contribution in [0, 0.1) is 0 Å². The first kappa shape index (κ1) is 20.1. The third-order valence-electron chi connectivity index (χ3n) is 4.36. The summed E-state index contributed by atoms with van der Waals surface area (Å²) in [6, 6.07) is 6.37. The van der Waals surface area contributed by atoms with Crippen molar-refractivity contribution in [2.24, 2.45) is 0 Å². The summed E-state index contributed by atoms with van der Waals surface area (Å²) in [7, 11) is 3.27. The number of methoxy groups -OCH3 is 1. The lowest BCUT2D eigenvalue weighted by molar-refractivity contribution is 0.0229. The van der Waals surface area contributed by atoms with E-state index in [0.717, 1.165) is 5.01 Å². The van der Waals surface area contributed by atoms with Gasteiger partial charge in [-0.3, -0.25) is 0 Å². The van der Waals surface area contributed by atoms with Gasteiger partial charge in [0, 0.05) is 25.4 Å². The maximum absolute atomic E-state index is 12.8. The molecule has 150 valence electrons. The number of hydrogen-bond acceptors (Lipinski definition) is 7. The molecule has 0 N–H and O–H groups in total. The van der Waals surface area contributed by atoms with Gasteiger partial charge < -0.3 is 14.4 Å². The van der Waals surface area contributed by atoms with Crippen LogP contribution in [0.2, 0.25) is 0 Å². The topological polar surface area (TPSA) is 84.9 Å². The van der Waals surface area contributed by atoms with E-state index in [1.807, 2.05) is 20.8 Å². The molecule has 2 heterocycles. The quantitative estimate of drug-likeness (QED) is 0.727. The number of anilines is 1. The largest absolute Gasteiger partial charge is 0.497 e. The fourth-order valence-electron chi connectivity index (χ4n) is 2.69. The number of nitrogens with zero attached hydrogens (tertiary/aromatic N) is 4. The molecule has 28 heavy (non-hydrogen) atoms. The van der Waals surface area contributed by atoms with Gasteiger partial charge in [0.25, 0.3) is 0 Å². The maximum atomic E-state index is 12.8. The normalized spacial score (nSPS) is 17.6. The molecule has 1 aromatic carbocycles. The van der Waals surface area contributed by atoms with Crippen molar-refractivity contribution >= 4 is 28.5 Å². The fourth-order valence-corrected chi connectivity index (χ4v) is 3.62. The zero-order chi connectivity index (χ0) is 20.5. The zero-order valence-corrected chi connectivity index (χ0v) is 17.4. The second-order valence-electron chi connectivity index (χ2n) is 7.59. The van der Waals surface area contributed by atoms with E-state index in [-0.39, 0.29) is 11.4 Å². The van der Waals surface area contributed by atoms with Crippen LogP contribution in [0.3, 0.4) is 0 Å². The summed E-state index contributed by atoms with van der Waals surface area (Å²) in [5.41, 5.74) is 0.204. The van der Waals surface area contributed by atoms with Crippen LogP contribution in [0.4, 0.5) is 9.93 Å². The molecule has 8 nitrogen and oxygen atoms in total. The van der Waals surface area contributed by atoms with Crippen molar-refractivity contribution in [2.45, 2.75) is 38.8 Å². The van der Waals surface area contributed by atoms with Gasteiger partial charge in [-0.25, -0.2) is 14.5 Å². The lowest BCUT2D eigenvalue weighted by Crippen LogP contribution is -2.54. The second-order valence-corrected chi connectivity index (χ2v) is 8.55. The zero-order valence-electron chi connectivity index (χ0n) is 16.6. The molecule has 0 spiro atoms. The molecule has 9 heteroatoms. The van der Waals surface area contributed by atoms with Gasteiger partial charge in [-0.05, 0) is 24.3 Å². The molecule has 0 saturated carbocycles. The van der Waals surface area contributed by atoms with E-state index in [9.17, 15) is 9.59 Å². The minimum Gasteiger partial charge on any atom is -0.497 e. The first-order valence-electron chi connectivity index (χ1n) is 8.94. The van der Waals surface area contributed by atoms with Crippen LogP contribution in [-0.2, 0) is 10.2 Å². The van der Waals surface area contributed by atoms with Crippen LogP contribution in [0.5, 0.6) is 5.75 Å². The van der Waals surface area contributed by atoms with Gasteiger partial charge in [-0.15, -0.1) is 10.2 Å². The fraction of sp³-hybridized carbons (Fsp3) is 0.474.